The van der Waals surface area contributed by atoms with Gasteiger partial charge in [0.1, 0.15) is 0 Å². The Morgan fingerprint density at radius 1 is 1.35 bits per heavy atom. The minimum absolute atomic E-state index is 0.207. The summed E-state index contributed by atoms with van der Waals surface area (Å²) in [6.45, 7) is 6.35. The fourth-order valence-electron chi connectivity index (χ4n) is 2.53. The molecule has 3 aromatic rings. The third kappa shape index (κ3) is 4.08. The Kier molecular flexibility index (Phi) is 5.63. The molecule has 0 saturated heterocycles. The number of rotatable bonds is 6. The van der Waals surface area contributed by atoms with Crippen molar-refractivity contribution in [3.63, 3.8) is 0 Å². The minimum atomic E-state index is -0.207. The average Bonchev–Trinajstić information content (AvgIpc) is 3.31. The van der Waals surface area contributed by atoms with Crippen LogP contribution in [0.5, 0.6) is 0 Å². The zero-order valence-electron chi connectivity index (χ0n) is 15.1. The van der Waals surface area contributed by atoms with Crippen LogP contribution in [0, 0.1) is 0 Å². The molecule has 2 heterocycles. The van der Waals surface area contributed by atoms with E-state index in [1.807, 2.05) is 11.4 Å². The lowest BCUT2D eigenvalue weighted by atomic mass is 10.1. The van der Waals surface area contributed by atoms with Crippen molar-refractivity contribution in [1.82, 2.24) is 15.6 Å². The van der Waals surface area contributed by atoms with Crippen LogP contribution in [0.3, 0.4) is 0 Å². The van der Waals surface area contributed by atoms with Gasteiger partial charge in [-0.25, -0.2) is 5.43 Å². The highest BCUT2D eigenvalue weighted by atomic mass is 32.1. The van der Waals surface area contributed by atoms with Gasteiger partial charge in [0, 0.05) is 21.4 Å². The SMILES string of the molecule is CCc1ccc(-c2[nH]ncc2/C=N\NC(=O)c2csc(C(C)C)c2)cc1. The molecule has 6 heteroatoms. The molecule has 0 aliphatic rings. The molecule has 0 spiro atoms. The Hall–Kier alpha value is -2.73. The molecule has 0 unspecified atom stereocenters. The molecule has 3 rings (SSSR count). The fourth-order valence-corrected chi connectivity index (χ4v) is 3.44. The van der Waals surface area contributed by atoms with E-state index >= 15 is 0 Å². The van der Waals surface area contributed by atoms with Crippen LogP contribution in [0.2, 0.25) is 0 Å². The van der Waals surface area contributed by atoms with Gasteiger partial charge >= 0.3 is 0 Å². The summed E-state index contributed by atoms with van der Waals surface area (Å²) in [6.07, 6.45) is 4.31. The van der Waals surface area contributed by atoms with E-state index in [2.05, 4.69) is 65.8 Å². The number of H-pyrrole nitrogens is 1. The summed E-state index contributed by atoms with van der Waals surface area (Å²) in [7, 11) is 0. The second-order valence-electron chi connectivity index (χ2n) is 6.34. The molecule has 0 bridgehead atoms. The van der Waals surface area contributed by atoms with Gasteiger partial charge in [0.25, 0.3) is 5.91 Å². The van der Waals surface area contributed by atoms with Gasteiger partial charge in [-0.3, -0.25) is 9.89 Å². The van der Waals surface area contributed by atoms with Gasteiger partial charge in [0.2, 0.25) is 0 Å². The Labute approximate surface area is 157 Å². The summed E-state index contributed by atoms with van der Waals surface area (Å²) in [5.74, 6) is 0.208. The summed E-state index contributed by atoms with van der Waals surface area (Å²) in [6, 6.07) is 10.2. The average molecular weight is 366 g/mol. The molecular formula is C20H22N4OS. The van der Waals surface area contributed by atoms with Crippen LogP contribution in [0.4, 0.5) is 0 Å². The van der Waals surface area contributed by atoms with Gasteiger partial charge in [0.15, 0.2) is 0 Å². The molecule has 2 N–H and O–H groups in total. The highest BCUT2D eigenvalue weighted by molar-refractivity contribution is 7.10. The Morgan fingerprint density at radius 2 is 2.12 bits per heavy atom. The van der Waals surface area contributed by atoms with Gasteiger partial charge in [-0.1, -0.05) is 45.0 Å². The predicted octanol–water partition coefficient (Wildman–Crippen LogP) is 4.59. The fraction of sp³-hybridized carbons (Fsp3) is 0.250. The maximum absolute atomic E-state index is 12.2. The zero-order chi connectivity index (χ0) is 18.5. The Morgan fingerprint density at radius 3 is 2.77 bits per heavy atom. The lowest BCUT2D eigenvalue weighted by Gasteiger charge is -2.02. The summed E-state index contributed by atoms with van der Waals surface area (Å²) >= 11 is 1.59. The first-order valence-corrected chi connectivity index (χ1v) is 9.51. The van der Waals surface area contributed by atoms with Crippen molar-refractivity contribution in [3.05, 3.63) is 63.5 Å². The van der Waals surface area contributed by atoms with E-state index in [-0.39, 0.29) is 5.91 Å². The van der Waals surface area contributed by atoms with Crippen molar-refractivity contribution in [1.29, 1.82) is 0 Å². The van der Waals surface area contributed by atoms with Crippen molar-refractivity contribution < 1.29 is 4.79 Å². The highest BCUT2D eigenvalue weighted by Crippen LogP contribution is 2.23. The smallest absolute Gasteiger partial charge is 0.272 e. The molecule has 0 atom stereocenters. The number of carbonyl (C=O) groups is 1. The molecule has 0 aliphatic heterocycles. The number of thiophene rings is 1. The number of aromatic nitrogens is 2. The van der Waals surface area contributed by atoms with Crippen molar-refractivity contribution in [2.75, 3.05) is 0 Å². The number of nitrogens with zero attached hydrogens (tertiary/aromatic N) is 2. The quantitative estimate of drug-likeness (QED) is 0.495. The monoisotopic (exact) mass is 366 g/mol. The summed E-state index contributed by atoms with van der Waals surface area (Å²) in [5.41, 5.74) is 7.24. The second-order valence-corrected chi connectivity index (χ2v) is 7.29. The maximum Gasteiger partial charge on any atom is 0.272 e. The van der Waals surface area contributed by atoms with Crippen LogP contribution in [-0.4, -0.2) is 22.3 Å². The van der Waals surface area contributed by atoms with Crippen LogP contribution in [0.25, 0.3) is 11.3 Å². The van der Waals surface area contributed by atoms with Gasteiger partial charge < -0.3 is 0 Å². The van der Waals surface area contributed by atoms with Crippen LogP contribution in [0.1, 0.15) is 53.1 Å². The summed E-state index contributed by atoms with van der Waals surface area (Å²) in [4.78, 5) is 13.4. The molecule has 1 amide bonds. The van der Waals surface area contributed by atoms with E-state index in [9.17, 15) is 4.79 Å². The summed E-state index contributed by atoms with van der Waals surface area (Å²) in [5, 5.41) is 13.0. The van der Waals surface area contributed by atoms with Crippen LogP contribution in [-0.2, 0) is 6.42 Å². The largest absolute Gasteiger partial charge is 0.277 e. The molecule has 134 valence electrons. The van der Waals surface area contributed by atoms with Crippen molar-refractivity contribution >= 4 is 23.5 Å². The van der Waals surface area contributed by atoms with E-state index < -0.39 is 0 Å². The van der Waals surface area contributed by atoms with Crippen LogP contribution >= 0.6 is 11.3 Å². The standard InChI is InChI=1S/C20H22N4OS/c1-4-14-5-7-15(8-6-14)19-17(10-21-23-19)11-22-24-20(25)16-9-18(13(2)3)26-12-16/h5-13H,4H2,1-3H3,(H,21,23)(H,24,25)/b22-11-. The number of nitrogens with one attached hydrogen (secondary N) is 2. The van der Waals surface area contributed by atoms with Crippen LogP contribution in [0.15, 0.2) is 47.0 Å². The number of hydrogen-bond donors (Lipinski definition) is 2. The summed E-state index contributed by atoms with van der Waals surface area (Å²) < 4.78 is 0. The molecule has 0 radical (unpaired) electrons. The lowest BCUT2D eigenvalue weighted by molar-refractivity contribution is 0.0955. The number of amides is 1. The topological polar surface area (TPSA) is 70.1 Å². The number of benzene rings is 1. The number of hydrazone groups is 1. The maximum atomic E-state index is 12.2. The van der Waals surface area contributed by atoms with Gasteiger partial charge in [-0.05, 0) is 24.0 Å². The van der Waals surface area contributed by atoms with Gasteiger partial charge in [-0.15, -0.1) is 11.3 Å². The Bertz CT molecular complexity index is 906. The molecule has 0 saturated carbocycles. The normalized spacial score (nSPS) is 11.4. The first kappa shape index (κ1) is 18.1. The third-order valence-corrected chi connectivity index (χ3v) is 5.37. The molecule has 0 fully saturated rings. The van der Waals surface area contributed by atoms with Gasteiger partial charge in [-0.2, -0.15) is 10.2 Å². The number of aryl methyl sites for hydroxylation is 1. The van der Waals surface area contributed by atoms with Crippen molar-refractivity contribution in [3.8, 4) is 11.3 Å². The first-order valence-electron chi connectivity index (χ1n) is 8.63. The number of hydrogen-bond acceptors (Lipinski definition) is 4. The zero-order valence-corrected chi connectivity index (χ0v) is 15.9. The molecule has 26 heavy (non-hydrogen) atoms. The molecule has 0 aliphatic carbocycles. The van der Waals surface area contributed by atoms with Crippen LogP contribution < -0.4 is 5.43 Å². The van der Waals surface area contributed by atoms with E-state index in [4.69, 9.17) is 0 Å². The number of aromatic amines is 1. The predicted molar refractivity (Wildman–Crippen MR) is 107 cm³/mol. The molecular weight excluding hydrogens is 344 g/mol. The Balaban J connectivity index is 1.69. The van der Waals surface area contributed by atoms with E-state index in [0.717, 1.165) is 23.2 Å². The molecule has 1 aromatic carbocycles. The second kappa shape index (κ2) is 8.10. The first-order chi connectivity index (χ1) is 12.6. The van der Waals surface area contributed by atoms with E-state index in [0.29, 0.717) is 11.5 Å². The highest BCUT2D eigenvalue weighted by Gasteiger charge is 2.10. The lowest BCUT2D eigenvalue weighted by Crippen LogP contribution is -2.16. The van der Waals surface area contributed by atoms with Crippen molar-refractivity contribution in [2.45, 2.75) is 33.1 Å². The van der Waals surface area contributed by atoms with Crippen molar-refractivity contribution in [2.24, 2.45) is 5.10 Å². The van der Waals surface area contributed by atoms with E-state index in [1.54, 1.807) is 23.7 Å². The third-order valence-electron chi connectivity index (χ3n) is 4.14. The molecule has 5 nitrogen and oxygen atoms in total. The minimum Gasteiger partial charge on any atom is -0.277 e. The van der Waals surface area contributed by atoms with Gasteiger partial charge in [0.05, 0.1) is 23.7 Å². The van der Waals surface area contributed by atoms with E-state index in [1.165, 1.54) is 10.4 Å². The molecule has 2 aromatic heterocycles. The number of carbonyl (C=O) groups excluding carboxylic acids is 1.